The van der Waals surface area contributed by atoms with Gasteiger partial charge in [0.15, 0.2) is 0 Å². The smallest absolute Gasteiger partial charge is 0.148 e. The van der Waals surface area contributed by atoms with Gasteiger partial charge in [0.05, 0.1) is 22.2 Å². The van der Waals surface area contributed by atoms with Crippen molar-refractivity contribution in [3.63, 3.8) is 0 Å². The van der Waals surface area contributed by atoms with E-state index in [2.05, 4.69) is 12.2 Å². The summed E-state index contributed by atoms with van der Waals surface area (Å²) in [5, 5.41) is 1.10. The van der Waals surface area contributed by atoms with Gasteiger partial charge in [0.2, 0.25) is 0 Å². The highest BCUT2D eigenvalue weighted by Gasteiger charge is 2.22. The van der Waals surface area contributed by atoms with E-state index in [4.69, 9.17) is 51.1 Å². The van der Waals surface area contributed by atoms with Gasteiger partial charge < -0.3 is 4.74 Å². The first-order valence-electron chi connectivity index (χ1n) is 5.35. The SMILES string of the molecule is COc1c(Cl)c(Cl)c(Cl)c(Cl)c1C1=CCCC=C1. The lowest BCUT2D eigenvalue weighted by atomic mass is 9.98. The molecule has 0 bridgehead atoms. The molecule has 0 unspecified atom stereocenters. The van der Waals surface area contributed by atoms with Gasteiger partial charge in [-0.1, -0.05) is 64.6 Å². The maximum atomic E-state index is 6.26. The number of benzene rings is 1. The number of ether oxygens (including phenoxy) is 1. The maximum absolute atomic E-state index is 6.26. The molecule has 5 heteroatoms. The minimum atomic E-state index is 0.212. The lowest BCUT2D eigenvalue weighted by molar-refractivity contribution is 0.414. The summed E-state index contributed by atoms with van der Waals surface area (Å²) in [5.74, 6) is 0.453. The van der Waals surface area contributed by atoms with Crippen LogP contribution in [0.1, 0.15) is 18.4 Å². The third kappa shape index (κ3) is 2.37. The van der Waals surface area contributed by atoms with E-state index in [1.54, 1.807) is 0 Å². The molecule has 0 amide bonds. The Labute approximate surface area is 126 Å². The largest absolute Gasteiger partial charge is 0.494 e. The minimum Gasteiger partial charge on any atom is -0.494 e. The first-order chi connectivity index (χ1) is 8.57. The van der Waals surface area contributed by atoms with Gasteiger partial charge in [-0.25, -0.2) is 0 Å². The number of hydrogen-bond donors (Lipinski definition) is 0. The van der Waals surface area contributed by atoms with Crippen LogP contribution in [0.3, 0.4) is 0 Å². The van der Waals surface area contributed by atoms with E-state index in [0.717, 1.165) is 18.4 Å². The second-order valence-corrected chi connectivity index (χ2v) is 5.32. The van der Waals surface area contributed by atoms with Crippen molar-refractivity contribution in [2.24, 2.45) is 0 Å². The molecule has 1 aliphatic rings. The molecule has 0 aromatic heterocycles. The minimum absolute atomic E-state index is 0.212. The average Bonchev–Trinajstić information content (AvgIpc) is 2.41. The van der Waals surface area contributed by atoms with Crippen molar-refractivity contribution in [3.05, 3.63) is 43.9 Å². The van der Waals surface area contributed by atoms with Gasteiger partial charge in [-0.05, 0) is 18.4 Å². The number of hydrogen-bond acceptors (Lipinski definition) is 1. The predicted octanol–water partition coefficient (Wildman–Crippen LogP) is 6.04. The Morgan fingerprint density at radius 3 is 2.17 bits per heavy atom. The first-order valence-corrected chi connectivity index (χ1v) is 6.86. The van der Waals surface area contributed by atoms with Crippen LogP contribution in [0.5, 0.6) is 5.75 Å². The summed E-state index contributed by atoms with van der Waals surface area (Å²) in [4.78, 5) is 0. The van der Waals surface area contributed by atoms with Crippen LogP contribution in [-0.4, -0.2) is 7.11 Å². The average molecular weight is 324 g/mol. The number of methoxy groups -OCH3 is 1. The van der Waals surface area contributed by atoms with E-state index in [9.17, 15) is 0 Å². The molecule has 0 N–H and O–H groups in total. The van der Waals surface area contributed by atoms with E-state index in [1.165, 1.54) is 7.11 Å². The Balaban J connectivity index is 2.72. The fourth-order valence-electron chi connectivity index (χ4n) is 1.86. The standard InChI is InChI=1S/C13H10Cl4O/c1-18-13-8(7-5-3-2-4-6-7)9(14)10(15)11(16)12(13)17/h3,5-6H,2,4H2,1H3. The topological polar surface area (TPSA) is 9.23 Å². The molecule has 2 rings (SSSR count). The summed E-state index contributed by atoms with van der Waals surface area (Å²) in [7, 11) is 1.53. The van der Waals surface area contributed by atoms with Gasteiger partial charge in [-0.15, -0.1) is 0 Å². The molecular formula is C13H10Cl4O. The van der Waals surface area contributed by atoms with Crippen molar-refractivity contribution in [2.45, 2.75) is 12.8 Å². The zero-order chi connectivity index (χ0) is 13.3. The molecule has 1 nitrogen and oxygen atoms in total. The van der Waals surface area contributed by atoms with Gasteiger partial charge in [0.25, 0.3) is 0 Å². The van der Waals surface area contributed by atoms with E-state index < -0.39 is 0 Å². The van der Waals surface area contributed by atoms with Gasteiger partial charge >= 0.3 is 0 Å². The highest BCUT2D eigenvalue weighted by atomic mass is 35.5. The highest BCUT2D eigenvalue weighted by molar-refractivity contribution is 6.53. The number of allylic oxidation sites excluding steroid dienone is 4. The molecule has 0 fully saturated rings. The van der Waals surface area contributed by atoms with Crippen LogP contribution >= 0.6 is 46.4 Å². The normalized spacial score (nSPS) is 14.6. The second kappa shape index (κ2) is 5.75. The molecule has 0 atom stereocenters. The lowest BCUT2D eigenvalue weighted by Crippen LogP contribution is -1.96. The summed E-state index contributed by atoms with van der Waals surface area (Å²) in [5.41, 5.74) is 1.64. The summed E-state index contributed by atoms with van der Waals surface area (Å²) < 4.78 is 5.31. The van der Waals surface area contributed by atoms with Crippen LogP contribution < -0.4 is 4.74 Å². The summed E-state index contributed by atoms with van der Waals surface area (Å²) in [6, 6.07) is 0. The third-order valence-corrected chi connectivity index (χ3v) is 4.50. The predicted molar refractivity (Wildman–Crippen MR) is 79.4 cm³/mol. The fraction of sp³-hybridized carbons (Fsp3) is 0.231. The van der Waals surface area contributed by atoms with Crippen molar-refractivity contribution < 1.29 is 4.74 Å². The van der Waals surface area contributed by atoms with Crippen LogP contribution in [0.2, 0.25) is 20.1 Å². The Morgan fingerprint density at radius 1 is 0.944 bits per heavy atom. The zero-order valence-corrected chi connectivity index (χ0v) is 12.6. The maximum Gasteiger partial charge on any atom is 0.148 e. The molecule has 1 aromatic rings. The number of halogens is 4. The fourth-order valence-corrected chi connectivity index (χ4v) is 2.88. The summed E-state index contributed by atoms with van der Waals surface area (Å²) in [6.07, 6.45) is 8.08. The van der Waals surface area contributed by atoms with Crippen molar-refractivity contribution in [2.75, 3.05) is 7.11 Å². The molecule has 0 heterocycles. The van der Waals surface area contributed by atoms with Crippen LogP contribution in [0.15, 0.2) is 18.2 Å². The summed E-state index contributed by atoms with van der Waals surface area (Å²) in [6.45, 7) is 0. The van der Waals surface area contributed by atoms with Crippen molar-refractivity contribution in [1.82, 2.24) is 0 Å². The molecule has 96 valence electrons. The molecule has 0 saturated heterocycles. The van der Waals surface area contributed by atoms with Gasteiger partial charge in [0, 0.05) is 5.56 Å². The molecule has 1 aromatic carbocycles. The van der Waals surface area contributed by atoms with Crippen LogP contribution in [0.4, 0.5) is 0 Å². The van der Waals surface area contributed by atoms with Gasteiger partial charge in [0.1, 0.15) is 10.8 Å². The molecule has 0 saturated carbocycles. The van der Waals surface area contributed by atoms with E-state index in [0.29, 0.717) is 16.3 Å². The third-order valence-electron chi connectivity index (χ3n) is 2.71. The first kappa shape index (κ1) is 14.1. The molecule has 0 spiro atoms. The van der Waals surface area contributed by atoms with Crippen molar-refractivity contribution in [3.8, 4) is 5.75 Å². The lowest BCUT2D eigenvalue weighted by Gasteiger charge is -2.17. The van der Waals surface area contributed by atoms with Crippen LogP contribution in [0, 0.1) is 0 Å². The van der Waals surface area contributed by atoms with E-state index >= 15 is 0 Å². The van der Waals surface area contributed by atoms with Gasteiger partial charge in [-0.2, -0.15) is 0 Å². The second-order valence-electron chi connectivity index (χ2n) is 3.80. The quantitative estimate of drug-likeness (QED) is 0.476. The van der Waals surface area contributed by atoms with Crippen molar-refractivity contribution in [1.29, 1.82) is 0 Å². The Kier molecular flexibility index (Phi) is 4.50. The van der Waals surface area contributed by atoms with E-state index in [1.807, 2.05) is 6.08 Å². The van der Waals surface area contributed by atoms with Crippen LogP contribution in [0.25, 0.3) is 5.57 Å². The number of rotatable bonds is 2. The van der Waals surface area contributed by atoms with Crippen LogP contribution in [-0.2, 0) is 0 Å². The van der Waals surface area contributed by atoms with Crippen molar-refractivity contribution >= 4 is 52.0 Å². The van der Waals surface area contributed by atoms with Gasteiger partial charge in [-0.3, -0.25) is 0 Å². The highest BCUT2D eigenvalue weighted by Crippen LogP contribution is 2.48. The van der Waals surface area contributed by atoms with E-state index in [-0.39, 0.29) is 15.1 Å². The molecule has 18 heavy (non-hydrogen) atoms. The molecule has 0 aliphatic heterocycles. The molecular weight excluding hydrogens is 314 g/mol. The Morgan fingerprint density at radius 2 is 1.61 bits per heavy atom. The Bertz CT molecular complexity index is 547. The molecule has 1 aliphatic carbocycles. The zero-order valence-electron chi connectivity index (χ0n) is 9.57. The molecule has 0 radical (unpaired) electrons. The monoisotopic (exact) mass is 322 g/mol. The summed E-state index contributed by atoms with van der Waals surface area (Å²) >= 11 is 24.5. The Hall–Kier alpha value is -0.340.